The van der Waals surface area contributed by atoms with Crippen LogP contribution in [0.25, 0.3) is 10.6 Å². The summed E-state index contributed by atoms with van der Waals surface area (Å²) in [5, 5.41) is 0.539. The minimum absolute atomic E-state index is 0.368. The predicted octanol–water partition coefficient (Wildman–Crippen LogP) is 6.99. The Labute approximate surface area is 166 Å². The Morgan fingerprint density at radius 2 is 1.64 bits per heavy atom. The van der Waals surface area contributed by atoms with Gasteiger partial charge in [-0.05, 0) is 74.9 Å². The molecule has 6 heteroatoms. The molecule has 0 unspecified atom stereocenters. The third kappa shape index (κ3) is 4.12. The fourth-order valence-electron chi connectivity index (χ4n) is 3.19. The third-order valence-electron chi connectivity index (χ3n) is 5.21. The molecule has 0 aliphatic rings. The number of halogens is 4. The van der Waals surface area contributed by atoms with Gasteiger partial charge in [0.1, 0.15) is 10.8 Å². The highest BCUT2D eigenvalue weighted by Gasteiger charge is 2.34. The Balaban J connectivity index is 1.82. The van der Waals surface area contributed by atoms with Crippen molar-refractivity contribution < 1.29 is 17.6 Å². The van der Waals surface area contributed by atoms with Gasteiger partial charge in [-0.3, -0.25) is 0 Å². The van der Waals surface area contributed by atoms with Gasteiger partial charge in [0.25, 0.3) is 0 Å². The molecule has 0 atom stereocenters. The zero-order chi connectivity index (χ0) is 20.6. The molecule has 0 saturated carbocycles. The van der Waals surface area contributed by atoms with E-state index in [4.69, 9.17) is 0 Å². The Morgan fingerprint density at radius 3 is 2.29 bits per heavy atom. The van der Waals surface area contributed by atoms with Gasteiger partial charge in [0.15, 0.2) is 0 Å². The summed E-state index contributed by atoms with van der Waals surface area (Å²) in [4.78, 5) is 5.51. The number of hydrogen-bond acceptors (Lipinski definition) is 2. The number of aromatic nitrogens is 1. The van der Waals surface area contributed by atoms with Crippen LogP contribution in [0.1, 0.15) is 38.4 Å². The van der Waals surface area contributed by atoms with Gasteiger partial charge in [-0.25, -0.2) is 9.37 Å². The number of benzene rings is 2. The molecule has 148 valence electrons. The van der Waals surface area contributed by atoms with E-state index < -0.39 is 17.6 Å². The zero-order valence-corrected chi connectivity index (χ0v) is 17.0. The lowest BCUT2D eigenvalue weighted by molar-refractivity contribution is -0.139. The fraction of sp³-hybridized carbons (Fsp3) is 0.318. The molecule has 0 bridgehead atoms. The second-order valence-corrected chi connectivity index (χ2v) is 8.10. The highest BCUT2D eigenvalue weighted by Crippen LogP contribution is 2.35. The fourth-order valence-corrected chi connectivity index (χ4v) is 4.25. The van der Waals surface area contributed by atoms with E-state index in [2.05, 4.69) is 37.9 Å². The van der Waals surface area contributed by atoms with Gasteiger partial charge in [0, 0.05) is 10.4 Å². The molecule has 3 aromatic rings. The normalized spacial score (nSPS) is 11.9. The van der Waals surface area contributed by atoms with Crippen molar-refractivity contribution >= 4 is 11.3 Å². The number of alkyl halides is 3. The minimum Gasteiger partial charge on any atom is -0.241 e. The molecule has 0 spiro atoms. The second kappa shape index (κ2) is 7.66. The van der Waals surface area contributed by atoms with Gasteiger partial charge in [-0.1, -0.05) is 18.2 Å². The number of rotatable bonds is 4. The lowest BCUT2D eigenvalue weighted by Crippen LogP contribution is -2.07. The van der Waals surface area contributed by atoms with Crippen molar-refractivity contribution in [2.45, 2.75) is 46.7 Å². The summed E-state index contributed by atoms with van der Waals surface area (Å²) in [6.07, 6.45) is -3.05. The zero-order valence-electron chi connectivity index (χ0n) is 16.2. The Kier molecular flexibility index (Phi) is 5.62. The Bertz CT molecular complexity index is 1020. The monoisotopic (exact) mass is 407 g/mol. The van der Waals surface area contributed by atoms with E-state index in [1.54, 1.807) is 0 Å². The molecular weight excluding hydrogens is 386 g/mol. The summed E-state index contributed by atoms with van der Waals surface area (Å²) in [6, 6.07) is 7.23. The largest absolute Gasteiger partial charge is 0.419 e. The third-order valence-corrected chi connectivity index (χ3v) is 6.47. The summed E-state index contributed by atoms with van der Waals surface area (Å²) in [5.74, 6) is -1.27. The molecule has 0 saturated heterocycles. The highest BCUT2D eigenvalue weighted by molar-refractivity contribution is 7.15. The van der Waals surface area contributed by atoms with E-state index in [1.807, 2.05) is 6.92 Å². The van der Waals surface area contributed by atoms with Crippen LogP contribution >= 0.6 is 11.3 Å². The van der Waals surface area contributed by atoms with Crippen molar-refractivity contribution in [3.05, 3.63) is 74.5 Å². The van der Waals surface area contributed by atoms with Gasteiger partial charge in [0.2, 0.25) is 0 Å². The first-order valence-electron chi connectivity index (χ1n) is 8.97. The van der Waals surface area contributed by atoms with Crippen LogP contribution in [0.5, 0.6) is 0 Å². The molecule has 0 fully saturated rings. The van der Waals surface area contributed by atoms with Crippen molar-refractivity contribution in [3.63, 3.8) is 0 Å². The van der Waals surface area contributed by atoms with Crippen molar-refractivity contribution in [1.29, 1.82) is 0 Å². The van der Waals surface area contributed by atoms with Crippen LogP contribution in [-0.2, 0) is 19.0 Å². The molecule has 0 amide bonds. The topological polar surface area (TPSA) is 12.9 Å². The number of hydrogen-bond donors (Lipinski definition) is 0. The van der Waals surface area contributed by atoms with Crippen LogP contribution in [0.2, 0.25) is 0 Å². The number of aryl methyl sites for hydroxylation is 4. The van der Waals surface area contributed by atoms with Crippen LogP contribution in [0.4, 0.5) is 17.6 Å². The van der Waals surface area contributed by atoms with Crippen LogP contribution in [0, 0.1) is 33.5 Å². The molecule has 28 heavy (non-hydrogen) atoms. The quantitative estimate of drug-likeness (QED) is 0.425. The molecule has 1 nitrogen and oxygen atoms in total. The standard InChI is InChI=1S/C22H21F4NS/c1-12-5-6-16(14(3)13(12)2)8-10-20-15(4)27-21(28-20)17-7-9-18(19(23)11-17)22(24,25)26/h5-7,9,11H,8,10H2,1-4H3. The van der Waals surface area contributed by atoms with Crippen molar-refractivity contribution in [2.75, 3.05) is 0 Å². The molecule has 0 aliphatic carbocycles. The second-order valence-electron chi connectivity index (χ2n) is 7.01. The lowest BCUT2D eigenvalue weighted by atomic mass is 9.96. The van der Waals surface area contributed by atoms with Gasteiger partial charge in [-0.15, -0.1) is 11.3 Å². The molecule has 0 aliphatic heterocycles. The molecule has 0 N–H and O–H groups in total. The lowest BCUT2D eigenvalue weighted by Gasteiger charge is -2.10. The van der Waals surface area contributed by atoms with Crippen LogP contribution in [0.3, 0.4) is 0 Å². The van der Waals surface area contributed by atoms with E-state index >= 15 is 0 Å². The van der Waals surface area contributed by atoms with Crippen LogP contribution in [-0.4, -0.2) is 4.98 Å². The predicted molar refractivity (Wildman–Crippen MR) is 105 cm³/mol. The summed E-state index contributed by atoms with van der Waals surface area (Å²) >= 11 is 1.41. The Hall–Kier alpha value is -2.21. The van der Waals surface area contributed by atoms with Gasteiger partial charge >= 0.3 is 6.18 Å². The summed E-state index contributed by atoms with van der Waals surface area (Å²) in [5.41, 5.74) is 5.07. The SMILES string of the molecule is Cc1ccc(CCc2sc(-c3ccc(C(F)(F)F)c(F)c3)nc2C)c(C)c1C. The average Bonchev–Trinajstić information content (AvgIpc) is 2.99. The summed E-state index contributed by atoms with van der Waals surface area (Å²) < 4.78 is 52.1. The molecule has 3 rings (SSSR count). The summed E-state index contributed by atoms with van der Waals surface area (Å²) in [6.45, 7) is 8.20. The number of thiazole rings is 1. The smallest absolute Gasteiger partial charge is 0.241 e. The van der Waals surface area contributed by atoms with Crippen LogP contribution < -0.4 is 0 Å². The van der Waals surface area contributed by atoms with E-state index in [9.17, 15) is 17.6 Å². The maximum absolute atomic E-state index is 13.9. The molecule has 0 radical (unpaired) electrons. The summed E-state index contributed by atoms with van der Waals surface area (Å²) in [7, 11) is 0. The van der Waals surface area contributed by atoms with Crippen molar-refractivity contribution in [2.24, 2.45) is 0 Å². The minimum atomic E-state index is -4.70. The van der Waals surface area contributed by atoms with Crippen molar-refractivity contribution in [3.8, 4) is 10.6 Å². The maximum Gasteiger partial charge on any atom is 0.419 e. The number of nitrogens with zero attached hydrogens (tertiary/aromatic N) is 1. The van der Waals surface area contributed by atoms with Gasteiger partial charge < -0.3 is 0 Å². The van der Waals surface area contributed by atoms with Gasteiger partial charge in [-0.2, -0.15) is 13.2 Å². The highest BCUT2D eigenvalue weighted by atomic mass is 32.1. The van der Waals surface area contributed by atoms with E-state index in [1.165, 1.54) is 39.7 Å². The maximum atomic E-state index is 13.9. The molecular formula is C22H21F4NS. The first kappa shape index (κ1) is 20.5. The Morgan fingerprint density at radius 1 is 0.929 bits per heavy atom. The molecule has 2 aromatic carbocycles. The van der Waals surface area contributed by atoms with E-state index in [0.717, 1.165) is 35.5 Å². The van der Waals surface area contributed by atoms with Crippen molar-refractivity contribution in [1.82, 2.24) is 4.98 Å². The first-order chi connectivity index (χ1) is 13.1. The van der Waals surface area contributed by atoms with Gasteiger partial charge in [0.05, 0.1) is 11.3 Å². The van der Waals surface area contributed by atoms with E-state index in [0.29, 0.717) is 10.6 Å². The average molecular weight is 407 g/mol. The first-order valence-corrected chi connectivity index (χ1v) is 9.78. The van der Waals surface area contributed by atoms with Crippen LogP contribution in [0.15, 0.2) is 30.3 Å². The molecule has 1 heterocycles. The molecule has 1 aromatic heterocycles. The van der Waals surface area contributed by atoms with E-state index in [-0.39, 0.29) is 0 Å².